The molecule has 1 aliphatic heterocycles. The van der Waals surface area contributed by atoms with Gasteiger partial charge >= 0.3 is 6.09 Å². The molecule has 7 heteroatoms. The van der Waals surface area contributed by atoms with E-state index in [-0.39, 0.29) is 24.6 Å². The summed E-state index contributed by atoms with van der Waals surface area (Å²) in [6, 6.07) is -0.0301. The Labute approximate surface area is 132 Å². The van der Waals surface area contributed by atoms with Gasteiger partial charge in [-0.15, -0.1) is 0 Å². The van der Waals surface area contributed by atoms with E-state index >= 15 is 0 Å². The summed E-state index contributed by atoms with van der Waals surface area (Å²) < 4.78 is 10.6. The normalized spacial score (nSPS) is 18.6. The highest BCUT2D eigenvalue weighted by Crippen LogP contribution is 2.15. The van der Waals surface area contributed by atoms with Crippen molar-refractivity contribution in [3.05, 3.63) is 0 Å². The van der Waals surface area contributed by atoms with Crippen molar-refractivity contribution in [2.75, 3.05) is 46.9 Å². The van der Waals surface area contributed by atoms with Crippen LogP contribution in [0, 0.1) is 0 Å². The van der Waals surface area contributed by atoms with Crippen molar-refractivity contribution in [2.24, 2.45) is 0 Å². The Morgan fingerprint density at radius 3 is 2.59 bits per heavy atom. The number of carbonyl (C=O) groups excluding carboxylic acids is 2. The van der Waals surface area contributed by atoms with Crippen LogP contribution in [0.4, 0.5) is 4.79 Å². The SMILES string of the molecule is CN(C)CCOCC(=O)N[C@H]1CCN(C(=O)OC(C)(C)C)C1. The fourth-order valence-electron chi connectivity index (χ4n) is 2.05. The summed E-state index contributed by atoms with van der Waals surface area (Å²) in [4.78, 5) is 27.3. The minimum absolute atomic E-state index is 0.0301. The number of hydrogen-bond acceptors (Lipinski definition) is 5. The molecule has 1 fully saturated rings. The van der Waals surface area contributed by atoms with Crippen LogP contribution in [0.3, 0.4) is 0 Å². The number of likely N-dealkylation sites (N-methyl/N-ethyl adjacent to an activating group) is 1. The van der Waals surface area contributed by atoms with E-state index in [1.165, 1.54) is 0 Å². The van der Waals surface area contributed by atoms with Crippen molar-refractivity contribution in [1.82, 2.24) is 15.1 Å². The number of hydrogen-bond donors (Lipinski definition) is 1. The molecular weight excluding hydrogens is 286 g/mol. The Morgan fingerprint density at radius 1 is 1.32 bits per heavy atom. The molecule has 0 aromatic carbocycles. The van der Waals surface area contributed by atoms with Gasteiger partial charge in [-0.25, -0.2) is 4.79 Å². The number of amides is 2. The molecule has 0 aliphatic carbocycles. The number of nitrogens with zero attached hydrogens (tertiary/aromatic N) is 2. The number of nitrogens with one attached hydrogen (secondary N) is 1. The first-order valence-electron chi connectivity index (χ1n) is 7.67. The molecule has 1 atom stereocenters. The van der Waals surface area contributed by atoms with Gasteiger partial charge in [0.2, 0.25) is 5.91 Å². The molecule has 0 radical (unpaired) electrons. The summed E-state index contributed by atoms with van der Waals surface area (Å²) in [6.07, 6.45) is 0.411. The molecule has 0 aromatic heterocycles. The summed E-state index contributed by atoms with van der Waals surface area (Å²) in [6.45, 7) is 7.95. The topological polar surface area (TPSA) is 71.1 Å². The second-order valence-electron chi connectivity index (χ2n) is 6.84. The van der Waals surface area contributed by atoms with Gasteiger partial charge in [-0.05, 0) is 41.3 Å². The Kier molecular flexibility index (Phi) is 7.09. The van der Waals surface area contributed by atoms with Gasteiger partial charge in [0, 0.05) is 25.7 Å². The smallest absolute Gasteiger partial charge is 0.410 e. The van der Waals surface area contributed by atoms with Gasteiger partial charge in [0.05, 0.1) is 6.61 Å². The van der Waals surface area contributed by atoms with Crippen molar-refractivity contribution in [3.63, 3.8) is 0 Å². The first-order chi connectivity index (χ1) is 10.2. The standard InChI is InChI=1S/C15H29N3O4/c1-15(2,3)22-14(20)18-7-6-12(10-18)16-13(19)11-21-9-8-17(4)5/h12H,6-11H2,1-5H3,(H,16,19)/t12-/m0/s1. The highest BCUT2D eigenvalue weighted by molar-refractivity contribution is 5.77. The van der Waals surface area contributed by atoms with E-state index in [2.05, 4.69) is 5.32 Å². The minimum atomic E-state index is -0.501. The van der Waals surface area contributed by atoms with Crippen LogP contribution in [0.2, 0.25) is 0 Å². The predicted octanol–water partition coefficient (Wildman–Crippen LogP) is 0.690. The molecule has 1 saturated heterocycles. The van der Waals surface area contributed by atoms with Crippen LogP contribution < -0.4 is 5.32 Å². The minimum Gasteiger partial charge on any atom is -0.444 e. The van der Waals surface area contributed by atoms with Crippen LogP contribution in [-0.4, -0.2) is 80.4 Å². The molecule has 22 heavy (non-hydrogen) atoms. The lowest BCUT2D eigenvalue weighted by molar-refractivity contribution is -0.126. The number of likely N-dealkylation sites (tertiary alicyclic amines) is 1. The number of ether oxygens (including phenoxy) is 2. The lowest BCUT2D eigenvalue weighted by Crippen LogP contribution is -2.41. The van der Waals surface area contributed by atoms with E-state index in [1.807, 2.05) is 39.8 Å². The Morgan fingerprint density at radius 2 is 2.00 bits per heavy atom. The zero-order chi connectivity index (χ0) is 16.8. The van der Waals surface area contributed by atoms with Crippen LogP contribution in [-0.2, 0) is 14.3 Å². The summed E-state index contributed by atoms with van der Waals surface area (Å²) in [5.41, 5.74) is -0.501. The zero-order valence-electron chi connectivity index (χ0n) is 14.3. The van der Waals surface area contributed by atoms with Crippen LogP contribution >= 0.6 is 0 Å². The van der Waals surface area contributed by atoms with E-state index in [9.17, 15) is 9.59 Å². The molecule has 7 nitrogen and oxygen atoms in total. The van der Waals surface area contributed by atoms with Crippen molar-refractivity contribution < 1.29 is 19.1 Å². The lowest BCUT2D eigenvalue weighted by Gasteiger charge is -2.24. The zero-order valence-corrected chi connectivity index (χ0v) is 14.3. The highest BCUT2D eigenvalue weighted by Gasteiger charge is 2.30. The van der Waals surface area contributed by atoms with Crippen LogP contribution in [0.15, 0.2) is 0 Å². The maximum atomic E-state index is 11.9. The third-order valence-corrected chi connectivity index (χ3v) is 3.12. The van der Waals surface area contributed by atoms with Gasteiger partial charge in [0.1, 0.15) is 12.2 Å². The van der Waals surface area contributed by atoms with E-state index in [0.717, 1.165) is 13.0 Å². The van der Waals surface area contributed by atoms with E-state index in [4.69, 9.17) is 9.47 Å². The van der Waals surface area contributed by atoms with E-state index in [0.29, 0.717) is 19.7 Å². The monoisotopic (exact) mass is 315 g/mol. The quantitative estimate of drug-likeness (QED) is 0.730. The van der Waals surface area contributed by atoms with Gasteiger partial charge < -0.3 is 24.6 Å². The molecule has 2 amide bonds. The third kappa shape index (κ3) is 7.61. The second kappa shape index (κ2) is 8.33. The van der Waals surface area contributed by atoms with Gasteiger partial charge in [0.25, 0.3) is 0 Å². The molecule has 0 bridgehead atoms. The fraction of sp³-hybridized carbons (Fsp3) is 0.867. The summed E-state index contributed by atoms with van der Waals surface area (Å²) in [5, 5.41) is 2.89. The van der Waals surface area contributed by atoms with Gasteiger partial charge in [-0.2, -0.15) is 0 Å². The maximum absolute atomic E-state index is 11.9. The van der Waals surface area contributed by atoms with Crippen LogP contribution in [0.1, 0.15) is 27.2 Å². The molecule has 1 N–H and O–H groups in total. The maximum Gasteiger partial charge on any atom is 0.410 e. The number of carbonyl (C=O) groups is 2. The summed E-state index contributed by atoms with van der Waals surface area (Å²) in [5.74, 6) is -0.144. The Bertz CT molecular complexity index is 379. The molecule has 0 unspecified atom stereocenters. The largest absolute Gasteiger partial charge is 0.444 e. The number of rotatable bonds is 6. The fourth-order valence-corrected chi connectivity index (χ4v) is 2.05. The van der Waals surface area contributed by atoms with Gasteiger partial charge in [0.15, 0.2) is 0 Å². The molecule has 1 rings (SSSR count). The highest BCUT2D eigenvalue weighted by atomic mass is 16.6. The molecular formula is C15H29N3O4. The lowest BCUT2D eigenvalue weighted by atomic mass is 10.2. The summed E-state index contributed by atoms with van der Waals surface area (Å²) in [7, 11) is 3.90. The first-order valence-corrected chi connectivity index (χ1v) is 7.67. The predicted molar refractivity (Wildman–Crippen MR) is 83.7 cm³/mol. The average Bonchev–Trinajstić information content (AvgIpc) is 2.81. The van der Waals surface area contributed by atoms with Crippen molar-refractivity contribution in [1.29, 1.82) is 0 Å². The average molecular weight is 315 g/mol. The molecule has 0 saturated carbocycles. The molecule has 1 aliphatic rings. The van der Waals surface area contributed by atoms with Crippen LogP contribution in [0.25, 0.3) is 0 Å². The Hall–Kier alpha value is -1.34. The van der Waals surface area contributed by atoms with Gasteiger partial charge in [-0.1, -0.05) is 0 Å². The molecule has 128 valence electrons. The van der Waals surface area contributed by atoms with Crippen molar-refractivity contribution in [3.8, 4) is 0 Å². The van der Waals surface area contributed by atoms with Gasteiger partial charge in [-0.3, -0.25) is 4.79 Å². The molecule has 0 aromatic rings. The van der Waals surface area contributed by atoms with Crippen molar-refractivity contribution in [2.45, 2.75) is 38.8 Å². The Balaban J connectivity index is 2.23. The third-order valence-electron chi connectivity index (χ3n) is 3.12. The summed E-state index contributed by atoms with van der Waals surface area (Å²) >= 11 is 0. The second-order valence-corrected chi connectivity index (χ2v) is 6.84. The van der Waals surface area contributed by atoms with Crippen LogP contribution in [0.5, 0.6) is 0 Å². The molecule has 0 spiro atoms. The first kappa shape index (κ1) is 18.7. The van der Waals surface area contributed by atoms with E-state index < -0.39 is 5.60 Å². The van der Waals surface area contributed by atoms with E-state index in [1.54, 1.807) is 4.90 Å². The van der Waals surface area contributed by atoms with Crippen molar-refractivity contribution >= 4 is 12.0 Å². The molecule has 1 heterocycles.